The average molecular weight is 276 g/mol. The quantitative estimate of drug-likeness (QED) is 0.883. The number of methoxy groups -OCH3 is 1. The second-order valence-electron chi connectivity index (χ2n) is 4.44. The molecule has 3 heteroatoms. The molecule has 1 N–H and O–H groups in total. The fourth-order valence-corrected chi connectivity index (χ4v) is 2.35. The van der Waals surface area contributed by atoms with Crippen LogP contribution in [0.3, 0.4) is 0 Å². The third-order valence-corrected chi connectivity index (χ3v) is 3.51. The molecule has 0 saturated heterocycles. The monoisotopic (exact) mass is 275 g/mol. The summed E-state index contributed by atoms with van der Waals surface area (Å²) in [5.41, 5.74) is 2.25. The number of hydrogen-bond acceptors (Lipinski definition) is 2. The summed E-state index contributed by atoms with van der Waals surface area (Å²) in [6.07, 6.45) is 0. The number of ether oxygens (including phenoxy) is 1. The molecule has 19 heavy (non-hydrogen) atoms. The van der Waals surface area contributed by atoms with E-state index in [1.54, 1.807) is 7.11 Å². The van der Waals surface area contributed by atoms with Crippen molar-refractivity contribution in [2.45, 2.75) is 19.5 Å². The van der Waals surface area contributed by atoms with E-state index in [0.29, 0.717) is 0 Å². The van der Waals surface area contributed by atoms with Gasteiger partial charge >= 0.3 is 0 Å². The van der Waals surface area contributed by atoms with Gasteiger partial charge in [-0.15, -0.1) is 0 Å². The zero-order valence-corrected chi connectivity index (χ0v) is 11.9. The molecule has 2 aromatic carbocycles. The maximum absolute atomic E-state index is 6.19. The summed E-state index contributed by atoms with van der Waals surface area (Å²) in [6, 6.07) is 16.1. The third-order valence-electron chi connectivity index (χ3n) is 3.16. The van der Waals surface area contributed by atoms with Crippen molar-refractivity contribution in [3.63, 3.8) is 0 Å². The summed E-state index contributed by atoms with van der Waals surface area (Å²) in [4.78, 5) is 0. The van der Waals surface area contributed by atoms with Crippen molar-refractivity contribution < 1.29 is 4.74 Å². The SMILES string of the molecule is COc1ccccc1CNC(C)c1ccccc1Cl. The van der Waals surface area contributed by atoms with E-state index < -0.39 is 0 Å². The van der Waals surface area contributed by atoms with Crippen molar-refractivity contribution in [3.8, 4) is 5.75 Å². The Morgan fingerprint density at radius 2 is 1.79 bits per heavy atom. The lowest BCUT2D eigenvalue weighted by atomic mass is 10.1. The molecule has 0 fully saturated rings. The van der Waals surface area contributed by atoms with Crippen LogP contribution in [0.1, 0.15) is 24.1 Å². The summed E-state index contributed by atoms with van der Waals surface area (Å²) >= 11 is 6.19. The third kappa shape index (κ3) is 3.49. The van der Waals surface area contributed by atoms with Crippen molar-refractivity contribution >= 4 is 11.6 Å². The predicted molar refractivity (Wildman–Crippen MR) is 79.7 cm³/mol. The lowest BCUT2D eigenvalue weighted by Gasteiger charge is -2.16. The number of benzene rings is 2. The molecule has 2 rings (SSSR count). The van der Waals surface area contributed by atoms with Crippen molar-refractivity contribution in [3.05, 3.63) is 64.7 Å². The van der Waals surface area contributed by atoms with Gasteiger partial charge in [0, 0.05) is 23.2 Å². The molecular formula is C16H18ClNO. The van der Waals surface area contributed by atoms with Crippen LogP contribution in [0.2, 0.25) is 5.02 Å². The summed E-state index contributed by atoms with van der Waals surface area (Å²) in [7, 11) is 1.69. The standard InChI is InChI=1S/C16H18ClNO/c1-12(14-8-4-5-9-15(14)17)18-11-13-7-3-6-10-16(13)19-2/h3-10,12,18H,11H2,1-2H3. The van der Waals surface area contributed by atoms with Crippen LogP contribution in [0.25, 0.3) is 0 Å². The lowest BCUT2D eigenvalue weighted by Crippen LogP contribution is -2.18. The van der Waals surface area contributed by atoms with E-state index in [1.165, 1.54) is 0 Å². The van der Waals surface area contributed by atoms with Crippen molar-refractivity contribution in [1.82, 2.24) is 5.32 Å². The van der Waals surface area contributed by atoms with E-state index >= 15 is 0 Å². The number of halogens is 1. The number of rotatable bonds is 5. The highest BCUT2D eigenvalue weighted by atomic mass is 35.5. The molecule has 2 aromatic rings. The molecule has 0 aliphatic rings. The Labute approximate surface area is 119 Å². The highest BCUT2D eigenvalue weighted by Gasteiger charge is 2.09. The normalized spacial score (nSPS) is 12.2. The summed E-state index contributed by atoms with van der Waals surface area (Å²) in [6.45, 7) is 2.85. The first-order chi connectivity index (χ1) is 9.22. The van der Waals surface area contributed by atoms with Crippen LogP contribution >= 0.6 is 11.6 Å². The molecule has 1 atom stereocenters. The topological polar surface area (TPSA) is 21.3 Å². The Morgan fingerprint density at radius 1 is 1.11 bits per heavy atom. The Morgan fingerprint density at radius 3 is 2.53 bits per heavy atom. The number of nitrogens with one attached hydrogen (secondary N) is 1. The van der Waals surface area contributed by atoms with E-state index in [0.717, 1.165) is 28.4 Å². The van der Waals surface area contributed by atoms with Crippen LogP contribution in [-0.2, 0) is 6.54 Å². The minimum Gasteiger partial charge on any atom is -0.496 e. The van der Waals surface area contributed by atoms with Crippen LogP contribution in [0.15, 0.2) is 48.5 Å². The van der Waals surface area contributed by atoms with E-state index in [-0.39, 0.29) is 6.04 Å². The van der Waals surface area contributed by atoms with Crippen molar-refractivity contribution in [1.29, 1.82) is 0 Å². The Hall–Kier alpha value is -1.51. The molecule has 0 aliphatic heterocycles. The van der Waals surface area contributed by atoms with Gasteiger partial charge in [0.1, 0.15) is 5.75 Å². The first-order valence-corrected chi connectivity index (χ1v) is 6.70. The molecule has 0 amide bonds. The highest BCUT2D eigenvalue weighted by molar-refractivity contribution is 6.31. The minimum absolute atomic E-state index is 0.193. The molecule has 2 nitrogen and oxygen atoms in total. The van der Waals surface area contributed by atoms with Crippen LogP contribution in [0, 0.1) is 0 Å². The molecule has 0 radical (unpaired) electrons. The first kappa shape index (κ1) is 13.9. The van der Waals surface area contributed by atoms with Gasteiger partial charge < -0.3 is 10.1 Å². The van der Waals surface area contributed by atoms with E-state index in [2.05, 4.69) is 18.3 Å². The lowest BCUT2D eigenvalue weighted by molar-refractivity contribution is 0.406. The van der Waals surface area contributed by atoms with Crippen LogP contribution < -0.4 is 10.1 Å². The van der Waals surface area contributed by atoms with Gasteiger partial charge in [0.05, 0.1) is 7.11 Å². The number of para-hydroxylation sites is 1. The van der Waals surface area contributed by atoms with E-state index in [4.69, 9.17) is 16.3 Å². The molecule has 0 bridgehead atoms. The Bertz CT molecular complexity index is 542. The minimum atomic E-state index is 0.193. The summed E-state index contributed by atoms with van der Waals surface area (Å²) in [5.74, 6) is 0.904. The largest absolute Gasteiger partial charge is 0.496 e. The molecular weight excluding hydrogens is 258 g/mol. The summed E-state index contributed by atoms with van der Waals surface area (Å²) < 4.78 is 5.34. The van der Waals surface area contributed by atoms with Gasteiger partial charge in [0.25, 0.3) is 0 Å². The predicted octanol–water partition coefficient (Wildman–Crippen LogP) is 4.20. The molecule has 100 valence electrons. The van der Waals surface area contributed by atoms with Gasteiger partial charge in [0.2, 0.25) is 0 Å². The van der Waals surface area contributed by atoms with Crippen LogP contribution in [-0.4, -0.2) is 7.11 Å². The maximum Gasteiger partial charge on any atom is 0.123 e. The average Bonchev–Trinajstić information content (AvgIpc) is 2.45. The van der Waals surface area contributed by atoms with Crippen molar-refractivity contribution in [2.75, 3.05) is 7.11 Å². The van der Waals surface area contributed by atoms with E-state index in [1.807, 2.05) is 42.5 Å². The molecule has 0 spiro atoms. The van der Waals surface area contributed by atoms with Gasteiger partial charge in [-0.25, -0.2) is 0 Å². The maximum atomic E-state index is 6.19. The van der Waals surface area contributed by atoms with Gasteiger partial charge in [-0.1, -0.05) is 48.0 Å². The first-order valence-electron chi connectivity index (χ1n) is 6.32. The van der Waals surface area contributed by atoms with Gasteiger partial charge in [-0.05, 0) is 24.6 Å². The van der Waals surface area contributed by atoms with Gasteiger partial charge in [-0.2, -0.15) is 0 Å². The summed E-state index contributed by atoms with van der Waals surface area (Å²) in [5, 5.41) is 4.26. The fraction of sp³-hybridized carbons (Fsp3) is 0.250. The fourth-order valence-electron chi connectivity index (χ4n) is 2.05. The van der Waals surface area contributed by atoms with Crippen LogP contribution in [0.5, 0.6) is 5.75 Å². The van der Waals surface area contributed by atoms with Gasteiger partial charge in [-0.3, -0.25) is 0 Å². The molecule has 0 saturated carbocycles. The number of hydrogen-bond donors (Lipinski definition) is 1. The molecule has 0 heterocycles. The second-order valence-corrected chi connectivity index (χ2v) is 4.84. The molecule has 0 aliphatic carbocycles. The second kappa shape index (κ2) is 6.60. The zero-order valence-electron chi connectivity index (χ0n) is 11.2. The molecule has 0 aromatic heterocycles. The van der Waals surface area contributed by atoms with Crippen molar-refractivity contribution in [2.24, 2.45) is 0 Å². The smallest absolute Gasteiger partial charge is 0.123 e. The Kier molecular flexibility index (Phi) is 4.83. The zero-order chi connectivity index (χ0) is 13.7. The Balaban J connectivity index is 2.04. The van der Waals surface area contributed by atoms with Crippen LogP contribution in [0.4, 0.5) is 0 Å². The molecule has 1 unspecified atom stereocenters. The highest BCUT2D eigenvalue weighted by Crippen LogP contribution is 2.23. The van der Waals surface area contributed by atoms with Gasteiger partial charge in [0.15, 0.2) is 0 Å². The van der Waals surface area contributed by atoms with E-state index in [9.17, 15) is 0 Å².